The van der Waals surface area contributed by atoms with Crippen LogP contribution in [0.2, 0.25) is 0 Å². The zero-order valence-electron chi connectivity index (χ0n) is 12.7. The van der Waals surface area contributed by atoms with Crippen LogP contribution in [-0.4, -0.2) is 30.4 Å². The van der Waals surface area contributed by atoms with Crippen LogP contribution in [0.15, 0.2) is 23.1 Å². The van der Waals surface area contributed by atoms with Crippen molar-refractivity contribution in [3.8, 4) is 0 Å². The van der Waals surface area contributed by atoms with Crippen molar-refractivity contribution in [1.29, 1.82) is 0 Å². The smallest absolute Gasteiger partial charge is 0.325 e. The Morgan fingerprint density at radius 2 is 2.05 bits per heavy atom. The number of hydrogen-bond donors (Lipinski definition) is 1. The summed E-state index contributed by atoms with van der Waals surface area (Å²) in [5, 5.41) is 3.19. The normalized spacial score (nSPS) is 14.0. The lowest BCUT2D eigenvalue weighted by Gasteiger charge is -2.30. The Morgan fingerprint density at radius 3 is 2.57 bits per heavy atom. The minimum atomic E-state index is -0.865. The molecule has 1 aromatic rings. The monoisotopic (exact) mass is 317 g/mol. The van der Waals surface area contributed by atoms with Gasteiger partial charge in [0, 0.05) is 16.7 Å². The van der Waals surface area contributed by atoms with E-state index >= 15 is 0 Å². The Morgan fingerprint density at radius 1 is 1.38 bits per heavy atom. The molecule has 0 bridgehead atoms. The lowest BCUT2D eigenvalue weighted by molar-refractivity contribution is -0.148. The second kappa shape index (κ2) is 7.75. The number of nitrogens with one attached hydrogen (secondary N) is 1. The molecule has 0 saturated heterocycles. The SMILES string of the molecule is COC(=O)C(C)(CCSc1ccc(F)c(F)c1)NC(C)C. The maximum atomic E-state index is 13.1. The number of methoxy groups -OCH3 is 1. The van der Waals surface area contributed by atoms with Crippen LogP contribution in [0.25, 0.3) is 0 Å². The molecular weight excluding hydrogens is 296 g/mol. The van der Waals surface area contributed by atoms with Crippen LogP contribution in [0, 0.1) is 11.6 Å². The molecule has 1 N–H and O–H groups in total. The van der Waals surface area contributed by atoms with E-state index in [1.807, 2.05) is 13.8 Å². The zero-order valence-corrected chi connectivity index (χ0v) is 13.5. The number of benzene rings is 1. The first-order chi connectivity index (χ1) is 9.78. The molecule has 21 heavy (non-hydrogen) atoms. The summed E-state index contributed by atoms with van der Waals surface area (Å²) < 4.78 is 30.8. The van der Waals surface area contributed by atoms with Crippen molar-refractivity contribution in [2.24, 2.45) is 0 Å². The summed E-state index contributed by atoms with van der Waals surface area (Å²) in [6.07, 6.45) is 0.515. The van der Waals surface area contributed by atoms with Crippen molar-refractivity contribution in [1.82, 2.24) is 5.32 Å². The van der Waals surface area contributed by atoms with Crippen molar-refractivity contribution < 1.29 is 18.3 Å². The predicted molar refractivity (Wildman–Crippen MR) is 80.4 cm³/mol. The third-order valence-corrected chi connectivity index (χ3v) is 4.00. The number of rotatable bonds is 7. The van der Waals surface area contributed by atoms with Crippen molar-refractivity contribution in [2.45, 2.75) is 43.7 Å². The molecule has 3 nitrogen and oxygen atoms in total. The van der Waals surface area contributed by atoms with Crippen LogP contribution in [0.3, 0.4) is 0 Å². The summed E-state index contributed by atoms with van der Waals surface area (Å²) in [6, 6.07) is 3.91. The van der Waals surface area contributed by atoms with Gasteiger partial charge in [-0.05, 0) is 45.4 Å². The maximum absolute atomic E-state index is 13.1. The number of halogens is 2. The minimum Gasteiger partial charge on any atom is -0.468 e. The maximum Gasteiger partial charge on any atom is 0.325 e. The molecule has 0 aliphatic heterocycles. The molecule has 0 heterocycles. The molecule has 1 unspecified atom stereocenters. The lowest BCUT2D eigenvalue weighted by Crippen LogP contribution is -2.53. The van der Waals surface area contributed by atoms with Crippen molar-refractivity contribution >= 4 is 17.7 Å². The summed E-state index contributed by atoms with van der Waals surface area (Å²) in [4.78, 5) is 12.5. The van der Waals surface area contributed by atoms with E-state index in [1.165, 1.54) is 24.9 Å². The molecule has 0 fully saturated rings. The summed E-state index contributed by atoms with van der Waals surface area (Å²) in [6.45, 7) is 5.68. The van der Waals surface area contributed by atoms with Crippen molar-refractivity contribution in [3.05, 3.63) is 29.8 Å². The largest absolute Gasteiger partial charge is 0.468 e. The third kappa shape index (κ3) is 5.28. The summed E-state index contributed by atoms with van der Waals surface area (Å²) >= 11 is 1.37. The first-order valence-corrected chi connectivity index (χ1v) is 7.71. The fourth-order valence-corrected chi connectivity index (χ4v) is 3.13. The second-order valence-electron chi connectivity index (χ2n) is 5.30. The Balaban J connectivity index is 2.64. The van der Waals surface area contributed by atoms with E-state index in [0.717, 1.165) is 12.1 Å². The van der Waals surface area contributed by atoms with E-state index in [2.05, 4.69) is 5.32 Å². The van der Waals surface area contributed by atoms with Crippen LogP contribution in [-0.2, 0) is 9.53 Å². The van der Waals surface area contributed by atoms with E-state index < -0.39 is 17.2 Å². The molecule has 1 aromatic carbocycles. The Hall–Kier alpha value is -1.14. The number of carbonyl (C=O) groups excluding carboxylic acids is 1. The van der Waals surface area contributed by atoms with Gasteiger partial charge in [0.2, 0.25) is 0 Å². The Bertz CT molecular complexity index is 497. The highest BCUT2D eigenvalue weighted by atomic mass is 32.2. The topological polar surface area (TPSA) is 38.3 Å². The van der Waals surface area contributed by atoms with Gasteiger partial charge in [0.15, 0.2) is 11.6 Å². The Kier molecular flexibility index (Phi) is 6.61. The van der Waals surface area contributed by atoms with Gasteiger partial charge in [0.1, 0.15) is 5.54 Å². The predicted octanol–water partition coefficient (Wildman–Crippen LogP) is 3.38. The minimum absolute atomic E-state index is 0.127. The summed E-state index contributed by atoms with van der Waals surface area (Å²) in [5.41, 5.74) is -0.797. The van der Waals surface area contributed by atoms with E-state index in [9.17, 15) is 13.6 Å². The molecule has 1 atom stereocenters. The lowest BCUT2D eigenvalue weighted by atomic mass is 9.98. The van der Waals surface area contributed by atoms with Gasteiger partial charge in [-0.2, -0.15) is 0 Å². The van der Waals surface area contributed by atoms with Gasteiger partial charge in [-0.25, -0.2) is 8.78 Å². The van der Waals surface area contributed by atoms with Crippen LogP contribution in [0.1, 0.15) is 27.2 Å². The van der Waals surface area contributed by atoms with Gasteiger partial charge in [0.05, 0.1) is 7.11 Å². The highest BCUT2D eigenvalue weighted by Crippen LogP contribution is 2.24. The van der Waals surface area contributed by atoms with Crippen molar-refractivity contribution in [2.75, 3.05) is 12.9 Å². The van der Waals surface area contributed by atoms with E-state index in [1.54, 1.807) is 6.92 Å². The molecule has 0 aliphatic rings. The molecule has 0 saturated carbocycles. The van der Waals surface area contributed by atoms with Gasteiger partial charge >= 0.3 is 5.97 Å². The van der Waals surface area contributed by atoms with E-state index in [0.29, 0.717) is 17.1 Å². The second-order valence-corrected chi connectivity index (χ2v) is 6.47. The molecule has 0 aliphatic carbocycles. The number of esters is 1. The standard InChI is InChI=1S/C15H21F2NO2S/c1-10(2)18-15(3,14(19)20-4)7-8-21-11-5-6-12(16)13(17)9-11/h5-6,9-10,18H,7-8H2,1-4H3. The highest BCUT2D eigenvalue weighted by Gasteiger charge is 2.34. The quantitative estimate of drug-likeness (QED) is 0.618. The fourth-order valence-electron chi connectivity index (χ4n) is 2.04. The van der Waals surface area contributed by atoms with Gasteiger partial charge in [0.25, 0.3) is 0 Å². The van der Waals surface area contributed by atoms with Crippen LogP contribution >= 0.6 is 11.8 Å². The molecule has 0 amide bonds. The number of thioether (sulfide) groups is 1. The first kappa shape index (κ1) is 17.9. The molecule has 1 rings (SSSR count). The molecular formula is C15H21F2NO2S. The third-order valence-electron chi connectivity index (χ3n) is 3.01. The number of ether oxygens (including phenoxy) is 1. The molecule has 0 aromatic heterocycles. The molecule has 118 valence electrons. The van der Waals surface area contributed by atoms with Crippen LogP contribution in [0.4, 0.5) is 8.78 Å². The summed E-state index contributed by atoms with van der Waals surface area (Å²) in [7, 11) is 1.35. The molecule has 0 radical (unpaired) electrons. The fraction of sp³-hybridized carbons (Fsp3) is 0.533. The zero-order chi connectivity index (χ0) is 16.0. The van der Waals surface area contributed by atoms with Crippen LogP contribution < -0.4 is 5.32 Å². The van der Waals surface area contributed by atoms with Gasteiger partial charge in [-0.3, -0.25) is 10.1 Å². The van der Waals surface area contributed by atoms with Crippen LogP contribution in [0.5, 0.6) is 0 Å². The molecule has 0 spiro atoms. The van der Waals surface area contributed by atoms with Gasteiger partial charge in [-0.15, -0.1) is 11.8 Å². The van der Waals surface area contributed by atoms with E-state index in [-0.39, 0.29) is 12.0 Å². The van der Waals surface area contributed by atoms with Crippen molar-refractivity contribution in [3.63, 3.8) is 0 Å². The van der Waals surface area contributed by atoms with E-state index in [4.69, 9.17) is 4.74 Å². The average Bonchev–Trinajstić information content (AvgIpc) is 2.41. The summed E-state index contributed by atoms with van der Waals surface area (Å²) in [5.74, 6) is -1.48. The number of hydrogen-bond acceptors (Lipinski definition) is 4. The Labute approximate surface area is 128 Å². The molecule has 6 heteroatoms. The van der Waals surface area contributed by atoms with Gasteiger partial charge < -0.3 is 4.74 Å². The average molecular weight is 317 g/mol. The van der Waals surface area contributed by atoms with Gasteiger partial charge in [-0.1, -0.05) is 0 Å². The number of carbonyl (C=O) groups is 1. The first-order valence-electron chi connectivity index (χ1n) is 6.72. The highest BCUT2D eigenvalue weighted by molar-refractivity contribution is 7.99.